The molecule has 1 unspecified atom stereocenters. The lowest BCUT2D eigenvalue weighted by molar-refractivity contribution is 0.0942. The molecule has 7 heteroatoms. The number of amides is 1. The third-order valence-electron chi connectivity index (χ3n) is 3.89. The summed E-state index contributed by atoms with van der Waals surface area (Å²) in [6, 6.07) is 14.9. The van der Waals surface area contributed by atoms with Gasteiger partial charge in [-0.1, -0.05) is 35.3 Å². The second-order valence-electron chi connectivity index (χ2n) is 5.63. The summed E-state index contributed by atoms with van der Waals surface area (Å²) < 4.78 is 13.9. The molecule has 0 radical (unpaired) electrons. The number of hydrogen-bond acceptors (Lipinski definition) is 3. The highest BCUT2D eigenvalue weighted by Crippen LogP contribution is 2.27. The molecule has 4 nitrogen and oxygen atoms in total. The van der Waals surface area contributed by atoms with Gasteiger partial charge in [0.25, 0.3) is 5.91 Å². The number of aromatic nitrogens is 1. The van der Waals surface area contributed by atoms with Gasteiger partial charge in [-0.05, 0) is 48.0 Å². The van der Waals surface area contributed by atoms with Crippen LogP contribution < -0.4 is 5.32 Å². The van der Waals surface area contributed by atoms with Gasteiger partial charge in [-0.2, -0.15) is 5.26 Å². The van der Waals surface area contributed by atoms with Crippen molar-refractivity contribution >= 4 is 29.1 Å². The van der Waals surface area contributed by atoms with Gasteiger partial charge >= 0.3 is 0 Å². The van der Waals surface area contributed by atoms with Gasteiger partial charge in [0.2, 0.25) is 0 Å². The molecule has 2 aromatic carbocycles. The van der Waals surface area contributed by atoms with Crippen molar-refractivity contribution in [2.45, 2.75) is 6.04 Å². The largest absolute Gasteiger partial charge is 0.339 e. The minimum atomic E-state index is -0.760. The Bertz CT molecular complexity index is 1030. The van der Waals surface area contributed by atoms with Crippen LogP contribution in [-0.2, 0) is 0 Å². The molecule has 1 N–H and O–H groups in total. The average Bonchev–Trinajstić information content (AvgIpc) is 2.67. The number of nitrogens with zero attached hydrogens (tertiary/aromatic N) is 2. The van der Waals surface area contributed by atoms with E-state index in [9.17, 15) is 9.18 Å². The number of nitrogens with one attached hydrogen (secondary N) is 1. The number of rotatable bonds is 4. The first kappa shape index (κ1) is 18.8. The summed E-state index contributed by atoms with van der Waals surface area (Å²) in [5.41, 5.74) is 1.11. The molecule has 3 aromatic rings. The number of halogens is 3. The summed E-state index contributed by atoms with van der Waals surface area (Å²) in [6.07, 6.45) is 1.57. The molecule has 0 saturated heterocycles. The Morgan fingerprint density at radius 1 is 1.15 bits per heavy atom. The van der Waals surface area contributed by atoms with E-state index in [1.165, 1.54) is 12.1 Å². The summed E-state index contributed by atoms with van der Waals surface area (Å²) in [4.78, 5) is 16.9. The molecule has 1 amide bonds. The van der Waals surface area contributed by atoms with Crippen LogP contribution in [0, 0.1) is 17.1 Å². The Hall–Kier alpha value is -2.94. The highest BCUT2D eigenvalue weighted by molar-refractivity contribution is 6.31. The summed E-state index contributed by atoms with van der Waals surface area (Å²) in [5, 5.41) is 12.6. The first-order valence-electron chi connectivity index (χ1n) is 7.86. The van der Waals surface area contributed by atoms with Crippen LogP contribution in [0.15, 0.2) is 60.8 Å². The molecular formula is C20H12Cl2FN3O. The molecule has 0 fully saturated rings. The van der Waals surface area contributed by atoms with Gasteiger partial charge in [0.05, 0.1) is 22.3 Å². The zero-order chi connectivity index (χ0) is 19.4. The van der Waals surface area contributed by atoms with Crippen molar-refractivity contribution in [2.24, 2.45) is 0 Å². The molecule has 0 aliphatic rings. The van der Waals surface area contributed by atoms with E-state index in [0.717, 1.165) is 6.07 Å². The zero-order valence-corrected chi connectivity index (χ0v) is 15.3. The van der Waals surface area contributed by atoms with E-state index in [1.54, 1.807) is 48.7 Å². The van der Waals surface area contributed by atoms with E-state index in [2.05, 4.69) is 10.3 Å². The molecule has 0 saturated carbocycles. The predicted molar refractivity (Wildman–Crippen MR) is 101 cm³/mol. The Kier molecular flexibility index (Phi) is 5.70. The van der Waals surface area contributed by atoms with Crippen molar-refractivity contribution in [3.63, 3.8) is 0 Å². The van der Waals surface area contributed by atoms with E-state index < -0.39 is 17.8 Å². The van der Waals surface area contributed by atoms with Gasteiger partial charge in [-0.15, -0.1) is 0 Å². The van der Waals surface area contributed by atoms with Crippen LogP contribution in [0.1, 0.15) is 33.2 Å². The molecule has 134 valence electrons. The number of hydrogen-bond donors (Lipinski definition) is 1. The molecule has 1 aromatic heterocycles. The van der Waals surface area contributed by atoms with Gasteiger partial charge in [0.15, 0.2) is 0 Å². The fraction of sp³-hybridized carbons (Fsp3) is 0.0500. The van der Waals surface area contributed by atoms with Crippen LogP contribution in [0.5, 0.6) is 0 Å². The van der Waals surface area contributed by atoms with E-state index in [0.29, 0.717) is 21.3 Å². The smallest absolute Gasteiger partial charge is 0.252 e. The predicted octanol–water partition coefficient (Wildman–Crippen LogP) is 4.92. The third-order valence-corrected chi connectivity index (χ3v) is 4.46. The first-order valence-corrected chi connectivity index (χ1v) is 8.61. The van der Waals surface area contributed by atoms with E-state index in [-0.39, 0.29) is 11.1 Å². The number of nitriles is 1. The quantitative estimate of drug-likeness (QED) is 0.676. The summed E-state index contributed by atoms with van der Waals surface area (Å²) >= 11 is 12.2. The maximum Gasteiger partial charge on any atom is 0.252 e. The summed E-state index contributed by atoms with van der Waals surface area (Å²) in [7, 11) is 0. The van der Waals surface area contributed by atoms with Crippen LogP contribution in [-0.4, -0.2) is 10.9 Å². The van der Waals surface area contributed by atoms with E-state index in [1.807, 2.05) is 0 Å². The Balaban J connectivity index is 1.97. The molecule has 0 bridgehead atoms. The number of carbonyl (C=O) groups is 1. The van der Waals surface area contributed by atoms with Crippen LogP contribution in [0.2, 0.25) is 10.0 Å². The normalized spacial score (nSPS) is 11.5. The van der Waals surface area contributed by atoms with Gasteiger partial charge in [0.1, 0.15) is 11.9 Å². The highest BCUT2D eigenvalue weighted by Gasteiger charge is 2.22. The van der Waals surface area contributed by atoms with Gasteiger partial charge in [-0.25, -0.2) is 4.39 Å². The topological polar surface area (TPSA) is 65.8 Å². The fourth-order valence-electron chi connectivity index (χ4n) is 2.54. The molecule has 27 heavy (non-hydrogen) atoms. The first-order chi connectivity index (χ1) is 13.0. The van der Waals surface area contributed by atoms with Crippen molar-refractivity contribution in [1.29, 1.82) is 5.26 Å². The van der Waals surface area contributed by atoms with Gasteiger partial charge in [0, 0.05) is 16.8 Å². The second-order valence-corrected chi connectivity index (χ2v) is 6.48. The van der Waals surface area contributed by atoms with E-state index >= 15 is 0 Å². The van der Waals surface area contributed by atoms with Crippen molar-refractivity contribution in [2.75, 3.05) is 0 Å². The number of carbonyl (C=O) groups excluding carboxylic acids is 1. The standard InChI is InChI=1S/C20H12Cl2FN3O/c21-15-7-5-12(6-8-15)18(19-16(22)2-1-9-25-19)26-20(27)13-3-4-14(11-24)17(23)10-13/h1-10,18H,(H,26,27). The minimum Gasteiger partial charge on any atom is -0.339 e. The van der Waals surface area contributed by atoms with E-state index in [4.69, 9.17) is 28.5 Å². The average molecular weight is 400 g/mol. The maximum absolute atomic E-state index is 13.9. The SMILES string of the molecule is N#Cc1ccc(C(=O)NC(c2ccc(Cl)cc2)c2ncccc2Cl)cc1F. The lowest BCUT2D eigenvalue weighted by Gasteiger charge is -2.20. The van der Waals surface area contributed by atoms with Crippen molar-refractivity contribution in [3.05, 3.63) is 99.0 Å². The lowest BCUT2D eigenvalue weighted by atomic mass is 10.0. The third kappa shape index (κ3) is 4.25. The Morgan fingerprint density at radius 3 is 2.52 bits per heavy atom. The van der Waals surface area contributed by atoms with Crippen molar-refractivity contribution in [3.8, 4) is 6.07 Å². The van der Waals surface area contributed by atoms with Crippen LogP contribution >= 0.6 is 23.2 Å². The molecule has 3 rings (SSSR count). The van der Waals surface area contributed by atoms with Gasteiger partial charge in [-0.3, -0.25) is 9.78 Å². The molecule has 0 spiro atoms. The van der Waals surface area contributed by atoms with Crippen molar-refractivity contribution in [1.82, 2.24) is 10.3 Å². The highest BCUT2D eigenvalue weighted by atomic mass is 35.5. The van der Waals surface area contributed by atoms with Gasteiger partial charge < -0.3 is 5.32 Å². The molecule has 1 atom stereocenters. The summed E-state index contributed by atoms with van der Waals surface area (Å²) in [5.74, 6) is -1.29. The van der Waals surface area contributed by atoms with Crippen molar-refractivity contribution < 1.29 is 9.18 Å². The molecule has 0 aliphatic heterocycles. The molecule has 0 aliphatic carbocycles. The Labute approximate surface area is 165 Å². The van der Waals surface area contributed by atoms with Crippen LogP contribution in [0.4, 0.5) is 4.39 Å². The molecular weight excluding hydrogens is 388 g/mol. The minimum absolute atomic E-state index is 0.0810. The zero-order valence-electron chi connectivity index (χ0n) is 13.8. The Morgan fingerprint density at radius 2 is 1.89 bits per heavy atom. The summed E-state index contributed by atoms with van der Waals surface area (Å²) in [6.45, 7) is 0. The lowest BCUT2D eigenvalue weighted by Crippen LogP contribution is -2.30. The van der Waals surface area contributed by atoms with Crippen LogP contribution in [0.25, 0.3) is 0 Å². The monoisotopic (exact) mass is 399 g/mol. The fourth-order valence-corrected chi connectivity index (χ4v) is 2.89. The molecule has 1 heterocycles. The maximum atomic E-state index is 13.9. The number of benzene rings is 2. The van der Waals surface area contributed by atoms with Crippen LogP contribution in [0.3, 0.4) is 0 Å². The second kappa shape index (κ2) is 8.17. The number of pyridine rings is 1.